The Morgan fingerprint density at radius 2 is 1.94 bits per heavy atom. The van der Waals surface area contributed by atoms with Crippen LogP contribution >= 0.6 is 0 Å². The fourth-order valence-corrected chi connectivity index (χ4v) is 2.33. The number of rotatable bonds is 3. The van der Waals surface area contributed by atoms with Gasteiger partial charge < -0.3 is 4.74 Å². The van der Waals surface area contributed by atoms with Crippen molar-refractivity contribution in [1.82, 2.24) is 0 Å². The van der Waals surface area contributed by atoms with Crippen molar-refractivity contribution in [3.63, 3.8) is 0 Å². The number of ether oxygens (including phenoxy) is 1. The fraction of sp³-hybridized carbons (Fsp3) is 0.267. The SMILES string of the molecule is C=CC[C@]1(c2cc(C)cc(C)c2)C=COC1=O. The lowest BCUT2D eigenvalue weighted by atomic mass is 9.77. The zero-order chi connectivity index (χ0) is 12.5. The molecule has 0 saturated carbocycles. The molecule has 0 saturated heterocycles. The van der Waals surface area contributed by atoms with Crippen molar-refractivity contribution in [2.24, 2.45) is 0 Å². The first-order chi connectivity index (χ1) is 8.08. The van der Waals surface area contributed by atoms with Crippen LogP contribution in [0.2, 0.25) is 0 Å². The van der Waals surface area contributed by atoms with E-state index in [1.165, 1.54) is 6.26 Å². The van der Waals surface area contributed by atoms with Crippen LogP contribution in [0.1, 0.15) is 23.1 Å². The largest absolute Gasteiger partial charge is 0.434 e. The molecule has 17 heavy (non-hydrogen) atoms. The molecule has 2 nitrogen and oxygen atoms in total. The van der Waals surface area contributed by atoms with Gasteiger partial charge in [0.1, 0.15) is 5.41 Å². The summed E-state index contributed by atoms with van der Waals surface area (Å²) in [6.07, 6.45) is 5.62. The van der Waals surface area contributed by atoms with E-state index in [0.29, 0.717) is 6.42 Å². The lowest BCUT2D eigenvalue weighted by Crippen LogP contribution is -2.30. The average molecular weight is 228 g/mol. The van der Waals surface area contributed by atoms with Crippen molar-refractivity contribution < 1.29 is 9.53 Å². The molecule has 0 aromatic heterocycles. The number of cyclic esters (lactones) is 1. The highest BCUT2D eigenvalue weighted by atomic mass is 16.5. The topological polar surface area (TPSA) is 26.3 Å². The van der Waals surface area contributed by atoms with Crippen LogP contribution in [0.15, 0.2) is 43.2 Å². The molecule has 0 fully saturated rings. The predicted octanol–water partition coefficient (Wildman–Crippen LogP) is 3.19. The van der Waals surface area contributed by atoms with Crippen molar-refractivity contribution in [2.75, 3.05) is 0 Å². The zero-order valence-corrected chi connectivity index (χ0v) is 10.2. The fourth-order valence-electron chi connectivity index (χ4n) is 2.33. The molecule has 2 rings (SSSR count). The molecule has 1 aromatic carbocycles. The standard InChI is InChI=1S/C15H16O2/c1-4-5-15(6-7-17-14(15)16)13-9-11(2)8-12(3)10-13/h4,6-10H,1,5H2,2-3H3/t15-/m1/s1. The second-order valence-electron chi connectivity index (χ2n) is 4.55. The van der Waals surface area contributed by atoms with Crippen LogP contribution in [0.25, 0.3) is 0 Å². The molecule has 1 heterocycles. The summed E-state index contributed by atoms with van der Waals surface area (Å²) in [4.78, 5) is 12.0. The van der Waals surface area contributed by atoms with Crippen molar-refractivity contribution in [3.8, 4) is 0 Å². The van der Waals surface area contributed by atoms with Crippen LogP contribution in [-0.4, -0.2) is 5.97 Å². The molecule has 2 heteroatoms. The minimum Gasteiger partial charge on any atom is -0.434 e. The molecule has 0 amide bonds. The number of hydrogen-bond donors (Lipinski definition) is 0. The van der Waals surface area contributed by atoms with E-state index in [2.05, 4.69) is 12.6 Å². The Kier molecular flexibility index (Phi) is 2.88. The van der Waals surface area contributed by atoms with Gasteiger partial charge >= 0.3 is 5.97 Å². The third kappa shape index (κ3) is 1.91. The van der Waals surface area contributed by atoms with E-state index < -0.39 is 5.41 Å². The molecular formula is C15H16O2. The molecule has 1 atom stereocenters. The quantitative estimate of drug-likeness (QED) is 0.586. The first-order valence-electron chi connectivity index (χ1n) is 5.67. The van der Waals surface area contributed by atoms with E-state index in [0.717, 1.165) is 16.7 Å². The van der Waals surface area contributed by atoms with Crippen molar-refractivity contribution in [2.45, 2.75) is 25.7 Å². The van der Waals surface area contributed by atoms with Crippen LogP contribution in [0, 0.1) is 13.8 Å². The molecule has 1 aliphatic heterocycles. The highest BCUT2D eigenvalue weighted by molar-refractivity contribution is 5.88. The summed E-state index contributed by atoms with van der Waals surface area (Å²) in [5, 5.41) is 0. The van der Waals surface area contributed by atoms with Gasteiger partial charge in [0.05, 0.1) is 6.26 Å². The number of esters is 1. The van der Waals surface area contributed by atoms with E-state index in [1.54, 1.807) is 6.08 Å². The van der Waals surface area contributed by atoms with Crippen LogP contribution < -0.4 is 0 Å². The zero-order valence-electron chi connectivity index (χ0n) is 10.2. The summed E-state index contributed by atoms with van der Waals surface area (Å²) in [5.41, 5.74) is 2.60. The molecule has 88 valence electrons. The Balaban J connectivity index is 2.57. The number of benzene rings is 1. The van der Waals surface area contributed by atoms with Crippen LogP contribution in [-0.2, 0) is 14.9 Å². The van der Waals surface area contributed by atoms with Crippen molar-refractivity contribution >= 4 is 5.97 Å². The van der Waals surface area contributed by atoms with E-state index in [4.69, 9.17) is 4.74 Å². The van der Waals surface area contributed by atoms with Crippen LogP contribution in [0.3, 0.4) is 0 Å². The first kappa shape index (κ1) is 11.6. The summed E-state index contributed by atoms with van der Waals surface area (Å²) < 4.78 is 4.99. The van der Waals surface area contributed by atoms with Gasteiger partial charge in [-0.15, -0.1) is 6.58 Å². The van der Waals surface area contributed by atoms with Crippen LogP contribution in [0.4, 0.5) is 0 Å². The average Bonchev–Trinajstić information content (AvgIpc) is 2.60. The lowest BCUT2D eigenvalue weighted by molar-refractivity contribution is -0.140. The lowest BCUT2D eigenvalue weighted by Gasteiger charge is -2.23. The number of carbonyl (C=O) groups excluding carboxylic acids is 1. The Hall–Kier alpha value is -1.83. The Morgan fingerprint density at radius 1 is 1.29 bits per heavy atom. The van der Waals surface area contributed by atoms with Gasteiger partial charge in [0.15, 0.2) is 0 Å². The maximum absolute atomic E-state index is 12.0. The first-order valence-corrected chi connectivity index (χ1v) is 5.67. The molecule has 1 aliphatic rings. The number of aryl methyl sites for hydroxylation is 2. The number of hydrogen-bond acceptors (Lipinski definition) is 2. The van der Waals surface area contributed by atoms with Crippen molar-refractivity contribution in [3.05, 3.63) is 59.9 Å². The van der Waals surface area contributed by atoms with E-state index in [-0.39, 0.29) is 5.97 Å². The third-order valence-electron chi connectivity index (χ3n) is 3.10. The van der Waals surface area contributed by atoms with Crippen LogP contribution in [0.5, 0.6) is 0 Å². The Labute approximate surface area is 102 Å². The molecule has 0 radical (unpaired) electrons. The third-order valence-corrected chi connectivity index (χ3v) is 3.10. The molecule has 1 aromatic rings. The second-order valence-corrected chi connectivity index (χ2v) is 4.55. The smallest absolute Gasteiger partial charge is 0.325 e. The summed E-state index contributed by atoms with van der Waals surface area (Å²) in [7, 11) is 0. The van der Waals surface area contributed by atoms with Gasteiger partial charge in [0.2, 0.25) is 0 Å². The van der Waals surface area contributed by atoms with E-state index in [9.17, 15) is 4.79 Å². The van der Waals surface area contributed by atoms with Gasteiger partial charge in [-0.2, -0.15) is 0 Å². The molecule has 0 aliphatic carbocycles. The highest BCUT2D eigenvalue weighted by Crippen LogP contribution is 2.36. The van der Waals surface area contributed by atoms with Gasteiger partial charge in [-0.3, -0.25) is 4.79 Å². The molecular weight excluding hydrogens is 212 g/mol. The van der Waals surface area contributed by atoms with Gasteiger partial charge in [0.25, 0.3) is 0 Å². The monoisotopic (exact) mass is 228 g/mol. The predicted molar refractivity (Wildman–Crippen MR) is 67.6 cm³/mol. The van der Waals surface area contributed by atoms with Gasteiger partial charge in [-0.05, 0) is 31.9 Å². The number of allylic oxidation sites excluding steroid dienone is 1. The van der Waals surface area contributed by atoms with Gasteiger partial charge in [-0.1, -0.05) is 35.4 Å². The summed E-state index contributed by atoms with van der Waals surface area (Å²) in [6.45, 7) is 7.79. The summed E-state index contributed by atoms with van der Waals surface area (Å²) in [5.74, 6) is -0.220. The van der Waals surface area contributed by atoms with E-state index in [1.807, 2.05) is 32.1 Å². The minimum absolute atomic E-state index is 0.220. The molecule has 0 N–H and O–H groups in total. The molecule has 0 bridgehead atoms. The molecule has 0 spiro atoms. The summed E-state index contributed by atoms with van der Waals surface area (Å²) >= 11 is 0. The Bertz CT molecular complexity index is 479. The maximum atomic E-state index is 12.0. The number of carbonyl (C=O) groups is 1. The normalized spacial score (nSPS) is 22.6. The minimum atomic E-state index is -0.682. The second kappa shape index (κ2) is 4.21. The van der Waals surface area contributed by atoms with E-state index >= 15 is 0 Å². The summed E-state index contributed by atoms with van der Waals surface area (Å²) in [6, 6.07) is 6.16. The highest BCUT2D eigenvalue weighted by Gasteiger charge is 2.41. The van der Waals surface area contributed by atoms with Gasteiger partial charge in [-0.25, -0.2) is 0 Å². The maximum Gasteiger partial charge on any atom is 0.325 e. The Morgan fingerprint density at radius 3 is 2.41 bits per heavy atom. The van der Waals surface area contributed by atoms with Crippen molar-refractivity contribution in [1.29, 1.82) is 0 Å². The van der Waals surface area contributed by atoms with Gasteiger partial charge in [0, 0.05) is 0 Å². The molecule has 0 unspecified atom stereocenters.